The Morgan fingerprint density at radius 2 is 2.07 bits per heavy atom. The molecule has 0 aromatic heterocycles. The normalized spacial score (nSPS) is 12.4. The molecule has 0 aliphatic heterocycles. The molecule has 0 aliphatic carbocycles. The molecule has 0 saturated heterocycles. The van der Waals surface area contributed by atoms with Crippen LogP contribution in [0.25, 0.3) is 0 Å². The number of hydrogen-bond acceptors (Lipinski definition) is 3. The average Bonchev–Trinajstić information content (AvgIpc) is 1.96. The van der Waals surface area contributed by atoms with Crippen molar-refractivity contribution < 1.29 is 14.0 Å². The maximum atomic E-state index is 10.8. The third kappa shape index (κ3) is 7.12. The van der Waals surface area contributed by atoms with Crippen LogP contribution >= 0.6 is 11.1 Å². The Morgan fingerprint density at radius 3 is 2.43 bits per heavy atom. The summed E-state index contributed by atoms with van der Waals surface area (Å²) >= 11 is 6.02. The van der Waals surface area contributed by atoms with Gasteiger partial charge in [-0.15, -0.1) is 11.1 Å². The van der Waals surface area contributed by atoms with E-state index in [0.29, 0.717) is 0 Å². The molecule has 5 heteroatoms. The van der Waals surface area contributed by atoms with Gasteiger partial charge in [0, 0.05) is 6.08 Å². The van der Waals surface area contributed by atoms with Crippen LogP contribution in [0.2, 0.25) is 13.1 Å². The van der Waals surface area contributed by atoms with Crippen LogP contribution in [0, 0.1) is 0 Å². The highest BCUT2D eigenvalue weighted by Crippen LogP contribution is 2.20. The van der Waals surface area contributed by atoms with Crippen molar-refractivity contribution in [2.75, 3.05) is 6.61 Å². The third-order valence-electron chi connectivity index (χ3n) is 1.25. The zero-order valence-electron chi connectivity index (χ0n) is 9.09. The zero-order chi connectivity index (χ0) is 11.4. The van der Waals surface area contributed by atoms with Gasteiger partial charge in [-0.25, -0.2) is 4.79 Å². The van der Waals surface area contributed by atoms with E-state index in [0.717, 1.165) is 6.08 Å². The van der Waals surface area contributed by atoms with E-state index in [4.69, 9.17) is 20.2 Å². The van der Waals surface area contributed by atoms with Crippen molar-refractivity contribution in [1.82, 2.24) is 0 Å². The Morgan fingerprint density at radius 1 is 1.57 bits per heavy atom. The predicted octanol–water partition coefficient (Wildman–Crippen LogP) is 2.45. The van der Waals surface area contributed by atoms with Crippen LogP contribution in [0.1, 0.15) is 13.8 Å². The topological polar surface area (TPSA) is 35.5 Å². The summed E-state index contributed by atoms with van der Waals surface area (Å²) in [7, 11) is -2.12. The molecule has 0 atom stereocenters. The Bertz CT molecular complexity index is 221. The second-order valence-electron chi connectivity index (χ2n) is 4.04. The number of esters is 1. The second kappa shape index (κ2) is 4.96. The van der Waals surface area contributed by atoms with Gasteiger partial charge in [-0.3, -0.25) is 0 Å². The van der Waals surface area contributed by atoms with Crippen molar-refractivity contribution in [3.05, 3.63) is 12.7 Å². The molecule has 0 spiro atoms. The molecule has 0 aliphatic rings. The molecule has 0 N–H and O–H groups in total. The standard InChI is InChI=1S/C9H17ClO3Si/c1-6-8(11)12-7-9(2,3)13-14(4,5)10/h6H,1,7H2,2-5H3. The summed E-state index contributed by atoms with van der Waals surface area (Å²) in [6.07, 6.45) is 1.12. The molecule has 0 bridgehead atoms. The van der Waals surface area contributed by atoms with E-state index in [9.17, 15) is 4.79 Å². The van der Waals surface area contributed by atoms with Gasteiger partial charge in [-0.1, -0.05) is 6.58 Å². The van der Waals surface area contributed by atoms with E-state index < -0.39 is 19.2 Å². The van der Waals surface area contributed by atoms with Crippen molar-refractivity contribution in [1.29, 1.82) is 0 Å². The van der Waals surface area contributed by atoms with Gasteiger partial charge in [0.05, 0.1) is 5.60 Å². The first-order valence-corrected chi connectivity index (χ1v) is 8.26. The first-order chi connectivity index (χ1) is 6.16. The summed E-state index contributed by atoms with van der Waals surface area (Å²) in [5.41, 5.74) is -0.545. The van der Waals surface area contributed by atoms with Crippen LogP contribution in [0.4, 0.5) is 0 Å². The quantitative estimate of drug-likeness (QED) is 0.318. The molecule has 0 fully saturated rings. The minimum Gasteiger partial charge on any atom is -0.460 e. The first kappa shape index (κ1) is 13.7. The fraction of sp³-hybridized carbons (Fsp3) is 0.667. The SMILES string of the molecule is C=CC(=O)OCC(C)(C)O[Si](C)(C)Cl. The van der Waals surface area contributed by atoms with E-state index in [2.05, 4.69) is 6.58 Å². The molecule has 0 unspecified atom stereocenters. The van der Waals surface area contributed by atoms with E-state index in [1.54, 1.807) is 0 Å². The molecule has 0 aromatic rings. The number of ether oxygens (including phenoxy) is 1. The second-order valence-corrected chi connectivity index (χ2v) is 9.70. The van der Waals surface area contributed by atoms with Crippen LogP contribution < -0.4 is 0 Å². The summed E-state index contributed by atoms with van der Waals surface area (Å²) in [6, 6.07) is 0. The smallest absolute Gasteiger partial charge is 0.330 e. The molecule has 0 aromatic carbocycles. The fourth-order valence-corrected chi connectivity index (χ4v) is 2.99. The van der Waals surface area contributed by atoms with Gasteiger partial charge in [0.15, 0.2) is 0 Å². The van der Waals surface area contributed by atoms with E-state index in [-0.39, 0.29) is 6.61 Å². The van der Waals surface area contributed by atoms with Gasteiger partial charge in [0.1, 0.15) is 6.61 Å². The van der Waals surface area contributed by atoms with Crippen molar-refractivity contribution in [3.63, 3.8) is 0 Å². The molecule has 82 valence electrons. The summed E-state index contributed by atoms with van der Waals surface area (Å²) < 4.78 is 10.5. The number of halogens is 1. The molecule has 14 heavy (non-hydrogen) atoms. The zero-order valence-corrected chi connectivity index (χ0v) is 10.9. The Kier molecular flexibility index (Phi) is 4.84. The molecular formula is C9H17ClO3Si. The lowest BCUT2D eigenvalue weighted by Gasteiger charge is -2.30. The monoisotopic (exact) mass is 236 g/mol. The lowest BCUT2D eigenvalue weighted by molar-refractivity contribution is -0.142. The van der Waals surface area contributed by atoms with Gasteiger partial charge in [0.25, 0.3) is 7.63 Å². The number of carbonyl (C=O) groups is 1. The molecule has 0 saturated carbocycles. The van der Waals surface area contributed by atoms with E-state index in [1.807, 2.05) is 26.9 Å². The van der Waals surface area contributed by atoms with Crippen LogP contribution in [0.15, 0.2) is 12.7 Å². The Balaban J connectivity index is 4.08. The van der Waals surface area contributed by atoms with Gasteiger partial charge >= 0.3 is 5.97 Å². The number of carbonyl (C=O) groups excluding carboxylic acids is 1. The van der Waals surface area contributed by atoms with Gasteiger partial charge in [0.2, 0.25) is 0 Å². The minimum atomic E-state index is -2.12. The van der Waals surface area contributed by atoms with Gasteiger partial charge in [-0.05, 0) is 26.9 Å². The van der Waals surface area contributed by atoms with Gasteiger partial charge < -0.3 is 9.16 Å². The Labute approximate surface area is 90.9 Å². The summed E-state index contributed by atoms with van der Waals surface area (Å²) in [5.74, 6) is -0.448. The predicted molar refractivity (Wildman–Crippen MR) is 59.7 cm³/mol. The van der Waals surface area contributed by atoms with Crippen LogP contribution in [-0.2, 0) is 14.0 Å². The number of hydrogen-bond donors (Lipinski definition) is 0. The van der Waals surface area contributed by atoms with E-state index >= 15 is 0 Å². The average molecular weight is 237 g/mol. The lowest BCUT2D eigenvalue weighted by atomic mass is 10.2. The highest BCUT2D eigenvalue weighted by atomic mass is 35.6. The first-order valence-electron chi connectivity index (χ1n) is 4.34. The van der Waals surface area contributed by atoms with Crippen LogP contribution in [0.3, 0.4) is 0 Å². The van der Waals surface area contributed by atoms with Crippen molar-refractivity contribution in [2.45, 2.75) is 32.5 Å². The van der Waals surface area contributed by atoms with Crippen LogP contribution in [0.5, 0.6) is 0 Å². The third-order valence-corrected chi connectivity index (χ3v) is 2.52. The highest BCUT2D eigenvalue weighted by molar-refractivity contribution is 7.15. The molecular weight excluding hydrogens is 220 g/mol. The highest BCUT2D eigenvalue weighted by Gasteiger charge is 2.30. The van der Waals surface area contributed by atoms with Crippen molar-refractivity contribution in [3.8, 4) is 0 Å². The molecule has 3 nitrogen and oxygen atoms in total. The van der Waals surface area contributed by atoms with Crippen molar-refractivity contribution in [2.24, 2.45) is 0 Å². The fourth-order valence-electron chi connectivity index (χ4n) is 0.990. The molecule has 0 radical (unpaired) electrons. The maximum absolute atomic E-state index is 10.8. The summed E-state index contributed by atoms with van der Waals surface area (Å²) in [4.78, 5) is 10.8. The summed E-state index contributed by atoms with van der Waals surface area (Å²) in [6.45, 7) is 10.9. The Hall–Kier alpha value is -0.323. The van der Waals surface area contributed by atoms with E-state index in [1.165, 1.54) is 0 Å². The van der Waals surface area contributed by atoms with Crippen molar-refractivity contribution >= 4 is 24.7 Å². The lowest BCUT2D eigenvalue weighted by Crippen LogP contribution is -2.40. The summed E-state index contributed by atoms with van der Waals surface area (Å²) in [5, 5.41) is 0. The molecule has 0 rings (SSSR count). The van der Waals surface area contributed by atoms with Crippen LogP contribution in [-0.4, -0.2) is 25.8 Å². The molecule has 0 heterocycles. The largest absolute Gasteiger partial charge is 0.460 e. The van der Waals surface area contributed by atoms with Gasteiger partial charge in [-0.2, -0.15) is 0 Å². The number of rotatable bonds is 5. The molecule has 0 amide bonds. The minimum absolute atomic E-state index is 0.182. The maximum Gasteiger partial charge on any atom is 0.330 e.